The minimum Gasteiger partial charge on any atom is -0.490 e. The molecule has 8 aromatic rings. The molecule has 0 spiro atoms. The molecule has 2 aromatic carbocycles. The van der Waals surface area contributed by atoms with Crippen LogP contribution >= 0.6 is 0 Å². The lowest BCUT2D eigenvalue weighted by molar-refractivity contribution is -0.107. The third-order valence-corrected chi connectivity index (χ3v) is 16.7. The SMILES string of the molecule is Nc1nc(CCC=O)nc2nc(-c3ccco3)nn12.Nc1nc(CCCN2CCN(c3ccc(OC4CCS(=O)CC4)cc3F)CC2)nc2nc(-c3ccco3)nn12.O=S1CCC(Oc2ccc(N3CCCCC3)c(F)c2)CC1. The van der Waals surface area contributed by atoms with Crippen LogP contribution in [0, 0.1) is 11.6 Å². The summed E-state index contributed by atoms with van der Waals surface area (Å²) in [6.07, 6.45) is 12.9. The molecule has 0 amide bonds. The van der Waals surface area contributed by atoms with Gasteiger partial charge in [-0.1, -0.05) is 0 Å². The van der Waals surface area contributed by atoms with E-state index in [1.54, 1.807) is 36.6 Å². The number of ether oxygens (including phenoxy) is 2. The molecule has 0 atom stereocenters. The summed E-state index contributed by atoms with van der Waals surface area (Å²) in [5.41, 5.74) is 13.2. The molecule has 4 saturated heterocycles. The number of halogens is 2. The van der Waals surface area contributed by atoms with Crippen molar-refractivity contribution in [3.05, 3.63) is 96.5 Å². The highest BCUT2D eigenvalue weighted by molar-refractivity contribution is 7.85. The number of aryl methyl sites for hydroxylation is 2. The fraction of sp³-hybridized carbons (Fsp3) is 0.453. The molecule has 0 bridgehead atoms. The third-order valence-electron chi connectivity index (χ3n) is 13.9. The number of nitrogens with two attached hydrogens (primary N) is 2. The molecule has 22 nitrogen and oxygen atoms in total. The average Bonchev–Trinajstić information content (AvgIpc) is 4.36. The van der Waals surface area contributed by atoms with Gasteiger partial charge in [0.15, 0.2) is 11.5 Å². The van der Waals surface area contributed by atoms with Crippen LogP contribution in [-0.2, 0) is 39.2 Å². The quantitative estimate of drug-likeness (QED) is 0.109. The van der Waals surface area contributed by atoms with Crippen LogP contribution < -0.4 is 30.7 Å². The number of fused-ring (bicyclic) bond motifs is 2. The van der Waals surface area contributed by atoms with Gasteiger partial charge in [0.2, 0.25) is 23.5 Å². The second kappa shape index (κ2) is 26.0. The Balaban J connectivity index is 0.000000148. The molecule has 4 N–H and O–H groups in total. The molecule has 0 saturated carbocycles. The van der Waals surface area contributed by atoms with Crippen molar-refractivity contribution in [2.75, 3.05) is 90.1 Å². The van der Waals surface area contributed by atoms with Crippen molar-refractivity contribution < 1.29 is 40.3 Å². The van der Waals surface area contributed by atoms with Gasteiger partial charge in [-0.25, -0.2) is 8.78 Å². The summed E-state index contributed by atoms with van der Waals surface area (Å²) in [6, 6.07) is 17.3. The van der Waals surface area contributed by atoms with E-state index in [2.05, 4.69) is 54.8 Å². The number of carbonyl (C=O) groups excluding carboxylic acids is 1. The normalized spacial score (nSPS) is 19.8. The van der Waals surface area contributed by atoms with E-state index in [9.17, 15) is 22.0 Å². The lowest BCUT2D eigenvalue weighted by Gasteiger charge is -2.36. The highest BCUT2D eigenvalue weighted by Crippen LogP contribution is 2.30. The van der Waals surface area contributed by atoms with Gasteiger partial charge >= 0.3 is 0 Å². The Morgan fingerprint density at radius 2 is 1.09 bits per heavy atom. The van der Waals surface area contributed by atoms with Crippen LogP contribution in [0.25, 0.3) is 34.7 Å². The predicted octanol–water partition coefficient (Wildman–Crippen LogP) is 6.14. The van der Waals surface area contributed by atoms with Crippen molar-refractivity contribution in [1.29, 1.82) is 0 Å². The van der Waals surface area contributed by atoms with Crippen LogP contribution in [0.5, 0.6) is 11.5 Å². The summed E-state index contributed by atoms with van der Waals surface area (Å²) in [5.74, 6) is 7.47. The Hall–Kier alpha value is -7.45. The van der Waals surface area contributed by atoms with E-state index in [-0.39, 0.29) is 35.7 Å². The highest BCUT2D eigenvalue weighted by Gasteiger charge is 2.24. The summed E-state index contributed by atoms with van der Waals surface area (Å²) in [5, 5.41) is 8.49. The monoisotopic (exact) mass is 1120 g/mol. The van der Waals surface area contributed by atoms with Crippen molar-refractivity contribution >= 4 is 62.7 Å². The molecule has 26 heteroatoms. The summed E-state index contributed by atoms with van der Waals surface area (Å²) >= 11 is 0. The molecule has 0 unspecified atom stereocenters. The van der Waals surface area contributed by atoms with Crippen molar-refractivity contribution in [1.82, 2.24) is 54.0 Å². The van der Waals surface area contributed by atoms with Crippen LogP contribution in [0.15, 0.2) is 82.0 Å². The van der Waals surface area contributed by atoms with Crippen LogP contribution in [0.2, 0.25) is 0 Å². The average molecular weight is 1120 g/mol. The predicted molar refractivity (Wildman–Crippen MR) is 295 cm³/mol. The van der Waals surface area contributed by atoms with Gasteiger partial charge in [-0.15, -0.1) is 10.2 Å². The number of benzene rings is 2. The second-order valence-electron chi connectivity index (χ2n) is 19.5. The van der Waals surface area contributed by atoms with Gasteiger partial charge in [-0.2, -0.15) is 38.9 Å². The van der Waals surface area contributed by atoms with Crippen molar-refractivity contribution in [3.8, 4) is 34.7 Å². The van der Waals surface area contributed by atoms with E-state index in [1.807, 2.05) is 18.2 Å². The van der Waals surface area contributed by atoms with Gasteiger partial charge in [0.25, 0.3) is 11.6 Å². The van der Waals surface area contributed by atoms with Crippen LogP contribution in [0.3, 0.4) is 0 Å². The molecule has 6 aromatic heterocycles. The number of nitrogen functional groups attached to an aromatic ring is 2. The Morgan fingerprint density at radius 1 is 0.608 bits per heavy atom. The molecule has 418 valence electrons. The fourth-order valence-corrected chi connectivity index (χ4v) is 12.3. The van der Waals surface area contributed by atoms with Gasteiger partial charge in [-0.3, -0.25) is 13.3 Å². The number of hydrogen-bond acceptors (Lipinski definition) is 20. The highest BCUT2D eigenvalue weighted by atomic mass is 32.2. The first kappa shape index (κ1) is 54.9. The summed E-state index contributed by atoms with van der Waals surface area (Å²) < 4.78 is 77.2. The first-order valence-electron chi connectivity index (χ1n) is 26.7. The zero-order valence-corrected chi connectivity index (χ0v) is 45.2. The number of aromatic nitrogens is 10. The minimum absolute atomic E-state index is 0.0100. The van der Waals surface area contributed by atoms with E-state index in [0.717, 1.165) is 97.0 Å². The molecule has 0 radical (unpaired) electrons. The van der Waals surface area contributed by atoms with E-state index in [0.29, 0.717) is 112 Å². The summed E-state index contributed by atoms with van der Waals surface area (Å²) in [7, 11) is -1.43. The summed E-state index contributed by atoms with van der Waals surface area (Å²) in [6.45, 7) is 5.93. The number of furan rings is 2. The zero-order chi connectivity index (χ0) is 54.7. The number of hydrogen-bond donors (Lipinski definition) is 2. The van der Waals surface area contributed by atoms with Gasteiger partial charge in [0.05, 0.1) is 23.9 Å². The van der Waals surface area contributed by atoms with Crippen LogP contribution in [-0.4, -0.2) is 150 Å². The molecule has 4 aliphatic rings. The Bertz CT molecular complexity index is 3330. The smallest absolute Gasteiger partial charge is 0.257 e. The second-order valence-corrected chi connectivity index (χ2v) is 22.9. The number of nitrogens with zero attached hydrogens (tertiary/aromatic N) is 13. The maximum absolute atomic E-state index is 14.9. The van der Waals surface area contributed by atoms with Crippen LogP contribution in [0.4, 0.5) is 32.1 Å². The van der Waals surface area contributed by atoms with Gasteiger partial charge in [0.1, 0.15) is 53.3 Å². The van der Waals surface area contributed by atoms with Crippen molar-refractivity contribution in [3.63, 3.8) is 0 Å². The first-order valence-corrected chi connectivity index (χ1v) is 29.6. The number of anilines is 4. The van der Waals surface area contributed by atoms with Crippen molar-refractivity contribution in [2.45, 2.75) is 82.8 Å². The molecule has 79 heavy (non-hydrogen) atoms. The largest absolute Gasteiger partial charge is 0.490 e. The van der Waals surface area contributed by atoms with Crippen LogP contribution in [0.1, 0.15) is 69.4 Å². The van der Waals surface area contributed by atoms with E-state index in [1.165, 1.54) is 33.8 Å². The maximum atomic E-state index is 14.9. The zero-order valence-electron chi connectivity index (χ0n) is 43.6. The number of piperazine rings is 1. The van der Waals surface area contributed by atoms with Gasteiger partial charge in [0, 0.05) is 115 Å². The molecule has 12 rings (SSSR count). The lowest BCUT2D eigenvalue weighted by atomic mass is 10.1. The standard InChI is InChI=1S/C26H31FN8O3S.C16H22FNO2S.C11H10N6O2/c27-20-17-19(38-18-7-15-39(36)16-8-18)5-6-21(20)34-12-10-33(11-13-34)9-1-4-23-29-25(28)35-26(30-23)31-24(32-35)22-3-2-14-37-22;17-15-12-14(20-13-6-10-21(19)11-7-13)4-5-16(15)18-8-2-1-3-9-18;12-10-13-8(4-1-5-18)14-11-15-9(16-17(10)11)7-3-2-6-19-7/h2-3,5-6,14,17-18H,1,4,7-13,15-16H2,(H2,28,29,30,31,32);4-5,12-13H,1-3,6-11H2;2-3,5-6H,1,4H2,(H2,12,13,14,15,16). The summed E-state index contributed by atoms with van der Waals surface area (Å²) in [4.78, 5) is 42.7. The van der Waals surface area contributed by atoms with E-state index < -0.39 is 21.6 Å². The topological polar surface area (TPSA) is 270 Å². The molecular weight excluding hydrogens is 1060 g/mol. The molecule has 10 heterocycles. The molecular formula is C53H63F2N15O7S2. The molecule has 4 fully saturated rings. The number of rotatable bonds is 15. The Labute approximate surface area is 459 Å². The number of carbonyl (C=O) groups is 1. The van der Waals surface area contributed by atoms with E-state index >= 15 is 0 Å². The molecule has 4 aliphatic heterocycles. The maximum Gasteiger partial charge on any atom is 0.257 e. The third kappa shape index (κ3) is 14.2. The number of piperidine rings is 1. The molecule has 0 aliphatic carbocycles. The lowest BCUT2D eigenvalue weighted by Crippen LogP contribution is -2.47. The fourth-order valence-electron chi connectivity index (χ4n) is 9.74. The van der Waals surface area contributed by atoms with E-state index in [4.69, 9.17) is 29.8 Å². The Morgan fingerprint density at radius 3 is 1.54 bits per heavy atom. The van der Waals surface area contributed by atoms with Gasteiger partial charge < -0.3 is 44.4 Å². The van der Waals surface area contributed by atoms with Crippen molar-refractivity contribution in [2.24, 2.45) is 0 Å². The first-order chi connectivity index (χ1) is 38.5. The minimum atomic E-state index is -0.741. The number of aldehydes is 1. The Kier molecular flexibility index (Phi) is 18.1. The van der Waals surface area contributed by atoms with Gasteiger partial charge in [-0.05, 0) is 106 Å².